The van der Waals surface area contributed by atoms with Crippen LogP contribution in [-0.2, 0) is 0 Å². The number of hydrogen-bond donors (Lipinski definition) is 1. The quantitative estimate of drug-likeness (QED) is 0.533. The fraction of sp³-hybridized carbons (Fsp3) is 0.235. The van der Waals surface area contributed by atoms with Gasteiger partial charge >= 0.3 is 0 Å². The molecule has 3 aromatic heterocycles. The molecule has 1 N–H and O–H groups in total. The van der Waals surface area contributed by atoms with E-state index in [1.165, 1.54) is 11.0 Å². The lowest BCUT2D eigenvalue weighted by atomic mass is 10.1. The summed E-state index contributed by atoms with van der Waals surface area (Å²) >= 11 is 0. The summed E-state index contributed by atoms with van der Waals surface area (Å²) in [7, 11) is 0. The highest BCUT2D eigenvalue weighted by Gasteiger charge is 2.27. The third-order valence-electron chi connectivity index (χ3n) is 4.74. The zero-order valence-corrected chi connectivity index (χ0v) is 14.8. The molecule has 1 saturated heterocycles. The molecule has 4 heterocycles. The van der Waals surface area contributed by atoms with Crippen LogP contribution in [0.2, 0.25) is 0 Å². The molecular weight excluding hydrogens is 360 g/mol. The van der Waals surface area contributed by atoms with Crippen LogP contribution in [0.15, 0.2) is 49.3 Å². The van der Waals surface area contributed by atoms with E-state index in [9.17, 15) is 4.79 Å². The fourth-order valence-electron chi connectivity index (χ4n) is 3.38. The zero-order chi connectivity index (χ0) is 18.9. The highest BCUT2D eigenvalue weighted by Crippen LogP contribution is 2.21. The van der Waals surface area contributed by atoms with Crippen molar-refractivity contribution < 1.29 is 4.79 Å². The van der Waals surface area contributed by atoms with Crippen LogP contribution in [0.25, 0.3) is 11.3 Å². The lowest BCUT2D eigenvalue weighted by Gasteiger charge is -2.18. The summed E-state index contributed by atoms with van der Waals surface area (Å²) in [6, 6.07) is 7.21. The van der Waals surface area contributed by atoms with E-state index in [1.807, 2.05) is 22.7 Å². The SMILES string of the molecule is O=C(N[C@H]1CCN(c2nccn3cnnc23)C1)c1cccc(-n2cnnn2)c1. The van der Waals surface area contributed by atoms with Gasteiger partial charge in [0.05, 0.1) is 5.69 Å². The number of anilines is 1. The summed E-state index contributed by atoms with van der Waals surface area (Å²) in [6.07, 6.45) is 7.50. The van der Waals surface area contributed by atoms with Gasteiger partial charge in [-0.1, -0.05) is 6.07 Å². The second-order valence-corrected chi connectivity index (χ2v) is 6.52. The molecule has 1 atom stereocenters. The Morgan fingerprint density at radius 2 is 2.18 bits per heavy atom. The molecule has 1 amide bonds. The van der Waals surface area contributed by atoms with Gasteiger partial charge in [-0.05, 0) is 35.0 Å². The molecule has 4 aromatic rings. The van der Waals surface area contributed by atoms with Gasteiger partial charge in [0, 0.05) is 37.1 Å². The van der Waals surface area contributed by atoms with E-state index in [0.29, 0.717) is 17.8 Å². The van der Waals surface area contributed by atoms with Crippen molar-refractivity contribution in [1.82, 2.24) is 45.1 Å². The number of fused-ring (bicyclic) bond motifs is 1. The van der Waals surface area contributed by atoms with Crippen LogP contribution in [0.4, 0.5) is 5.82 Å². The van der Waals surface area contributed by atoms with Gasteiger partial charge < -0.3 is 10.2 Å². The number of nitrogens with zero attached hydrogens (tertiary/aromatic N) is 9. The van der Waals surface area contributed by atoms with Crippen LogP contribution in [-0.4, -0.2) is 64.8 Å². The number of nitrogens with one attached hydrogen (secondary N) is 1. The first-order valence-corrected chi connectivity index (χ1v) is 8.81. The van der Waals surface area contributed by atoms with Crippen molar-refractivity contribution in [2.24, 2.45) is 0 Å². The maximum atomic E-state index is 12.7. The summed E-state index contributed by atoms with van der Waals surface area (Å²) in [5, 5.41) is 22.3. The second-order valence-electron chi connectivity index (χ2n) is 6.52. The Kier molecular flexibility index (Phi) is 3.89. The van der Waals surface area contributed by atoms with Gasteiger partial charge in [0.25, 0.3) is 5.91 Å². The number of benzene rings is 1. The van der Waals surface area contributed by atoms with Gasteiger partial charge in [0.15, 0.2) is 5.82 Å². The average molecular weight is 376 g/mol. The van der Waals surface area contributed by atoms with E-state index in [4.69, 9.17) is 0 Å². The van der Waals surface area contributed by atoms with E-state index >= 15 is 0 Å². The molecule has 0 spiro atoms. The highest BCUT2D eigenvalue weighted by atomic mass is 16.1. The summed E-state index contributed by atoms with van der Waals surface area (Å²) in [6.45, 7) is 1.45. The normalized spacial score (nSPS) is 16.6. The standard InChI is InChI=1S/C17H16N10O/c28-17(12-2-1-3-14(8-12)27-11-20-23-24-27)21-13-4-6-25(9-13)15-16-22-19-10-26(16)7-5-18-15/h1-3,5,7-8,10-11,13H,4,6,9H2,(H,21,28)/t13-/m0/s1. The average Bonchev–Trinajstić information content (AvgIpc) is 3.48. The number of rotatable bonds is 4. The third kappa shape index (κ3) is 2.92. The van der Waals surface area contributed by atoms with E-state index in [1.54, 1.807) is 24.7 Å². The smallest absolute Gasteiger partial charge is 0.251 e. The molecule has 28 heavy (non-hydrogen) atoms. The van der Waals surface area contributed by atoms with Gasteiger partial charge in [-0.3, -0.25) is 9.20 Å². The molecule has 11 heteroatoms. The predicted molar refractivity (Wildman–Crippen MR) is 98.0 cm³/mol. The Bertz CT molecular complexity index is 1120. The van der Waals surface area contributed by atoms with Gasteiger partial charge in [0.1, 0.15) is 12.7 Å². The summed E-state index contributed by atoms with van der Waals surface area (Å²) < 4.78 is 3.34. The molecule has 5 rings (SSSR count). The molecule has 0 saturated carbocycles. The minimum Gasteiger partial charge on any atom is -0.351 e. The molecule has 1 aliphatic rings. The van der Waals surface area contributed by atoms with Crippen molar-refractivity contribution in [1.29, 1.82) is 0 Å². The van der Waals surface area contributed by atoms with Crippen molar-refractivity contribution >= 4 is 17.4 Å². The third-order valence-corrected chi connectivity index (χ3v) is 4.74. The first-order valence-electron chi connectivity index (χ1n) is 8.81. The van der Waals surface area contributed by atoms with Gasteiger partial charge in [-0.25, -0.2) is 9.67 Å². The largest absolute Gasteiger partial charge is 0.351 e. The van der Waals surface area contributed by atoms with Crippen molar-refractivity contribution in [2.45, 2.75) is 12.5 Å². The van der Waals surface area contributed by atoms with E-state index in [-0.39, 0.29) is 11.9 Å². The molecule has 1 fully saturated rings. The predicted octanol–water partition coefficient (Wildman–Crippen LogP) is 0.109. The number of carbonyl (C=O) groups is 1. The van der Waals surface area contributed by atoms with Crippen LogP contribution in [0.5, 0.6) is 0 Å². The van der Waals surface area contributed by atoms with Gasteiger partial charge in [-0.2, -0.15) is 0 Å². The number of aromatic nitrogens is 8. The molecule has 11 nitrogen and oxygen atoms in total. The zero-order valence-electron chi connectivity index (χ0n) is 14.8. The minimum atomic E-state index is -0.129. The fourth-order valence-corrected chi connectivity index (χ4v) is 3.38. The summed E-state index contributed by atoms with van der Waals surface area (Å²) in [5.41, 5.74) is 2.00. The molecule has 0 aliphatic carbocycles. The first-order chi connectivity index (χ1) is 13.8. The minimum absolute atomic E-state index is 0.0224. The Morgan fingerprint density at radius 1 is 1.21 bits per heavy atom. The maximum absolute atomic E-state index is 12.7. The monoisotopic (exact) mass is 376 g/mol. The van der Waals surface area contributed by atoms with Crippen LogP contribution in [0.3, 0.4) is 0 Å². The number of amides is 1. The van der Waals surface area contributed by atoms with Gasteiger partial charge in [-0.15, -0.1) is 15.3 Å². The lowest BCUT2D eigenvalue weighted by molar-refractivity contribution is 0.0940. The Balaban J connectivity index is 1.29. The van der Waals surface area contributed by atoms with Crippen molar-refractivity contribution in [2.75, 3.05) is 18.0 Å². The number of tetrazole rings is 1. The summed E-state index contributed by atoms with van der Waals surface area (Å²) in [5.74, 6) is 0.646. The molecular formula is C17H16N10O. The van der Waals surface area contributed by atoms with Crippen molar-refractivity contribution in [3.05, 3.63) is 54.9 Å². The molecule has 1 aromatic carbocycles. The second kappa shape index (κ2) is 6.68. The van der Waals surface area contributed by atoms with Crippen LogP contribution in [0, 0.1) is 0 Å². The Labute approximate surface area is 159 Å². The van der Waals surface area contributed by atoms with Crippen LogP contribution >= 0.6 is 0 Å². The van der Waals surface area contributed by atoms with Crippen LogP contribution in [0.1, 0.15) is 16.8 Å². The first kappa shape index (κ1) is 16.3. The Hall–Kier alpha value is -3.89. The lowest BCUT2D eigenvalue weighted by Crippen LogP contribution is -2.37. The highest BCUT2D eigenvalue weighted by molar-refractivity contribution is 5.95. The number of hydrogen-bond acceptors (Lipinski definition) is 8. The molecule has 0 radical (unpaired) electrons. The van der Waals surface area contributed by atoms with Gasteiger partial charge in [0.2, 0.25) is 5.65 Å². The molecule has 0 bridgehead atoms. The van der Waals surface area contributed by atoms with E-state index in [2.05, 4.69) is 40.9 Å². The molecule has 0 unspecified atom stereocenters. The maximum Gasteiger partial charge on any atom is 0.251 e. The van der Waals surface area contributed by atoms with Crippen molar-refractivity contribution in [3.8, 4) is 5.69 Å². The van der Waals surface area contributed by atoms with E-state index in [0.717, 1.165) is 24.5 Å². The topological polar surface area (TPSA) is 119 Å². The van der Waals surface area contributed by atoms with E-state index < -0.39 is 0 Å². The molecule has 140 valence electrons. The number of carbonyl (C=O) groups excluding carboxylic acids is 1. The van der Waals surface area contributed by atoms with Crippen molar-refractivity contribution in [3.63, 3.8) is 0 Å². The summed E-state index contributed by atoms with van der Waals surface area (Å²) in [4.78, 5) is 19.3. The molecule has 1 aliphatic heterocycles. The van der Waals surface area contributed by atoms with Crippen LogP contribution < -0.4 is 10.2 Å². The Morgan fingerprint density at radius 3 is 3.07 bits per heavy atom.